The Morgan fingerprint density at radius 1 is 1.44 bits per heavy atom. The summed E-state index contributed by atoms with van der Waals surface area (Å²) >= 11 is 0. The summed E-state index contributed by atoms with van der Waals surface area (Å²) in [7, 11) is -1.23. The first kappa shape index (κ1) is 15.9. The summed E-state index contributed by atoms with van der Waals surface area (Å²) in [4.78, 5) is 0. The van der Waals surface area contributed by atoms with E-state index in [0.717, 1.165) is 32.5 Å². The van der Waals surface area contributed by atoms with E-state index in [2.05, 4.69) is 5.32 Å². The Labute approximate surface area is 110 Å². The zero-order valence-electron chi connectivity index (χ0n) is 11.4. The van der Waals surface area contributed by atoms with Crippen LogP contribution in [0.4, 0.5) is 0 Å². The first-order valence-electron chi connectivity index (χ1n) is 6.43. The lowest BCUT2D eigenvalue weighted by atomic mass is 9.80. The number of hydrogen-bond acceptors (Lipinski definition) is 5. The average Bonchev–Trinajstić information content (AvgIpc) is 2.33. The van der Waals surface area contributed by atoms with Gasteiger partial charge in [-0.15, -0.1) is 0 Å². The SMILES string of the molecule is COCCNCC1(CCS(C)(=O)=O)CCCOC1. The second-order valence-corrected chi connectivity index (χ2v) is 7.47. The molecule has 0 aromatic rings. The molecule has 0 aliphatic carbocycles. The molecular weight excluding hydrogens is 254 g/mol. The molecule has 1 rings (SSSR count). The molecule has 108 valence electrons. The molecule has 5 nitrogen and oxygen atoms in total. The molecular formula is C12H25NO4S. The highest BCUT2D eigenvalue weighted by molar-refractivity contribution is 7.90. The maximum atomic E-state index is 11.3. The molecule has 0 aromatic carbocycles. The van der Waals surface area contributed by atoms with E-state index >= 15 is 0 Å². The number of rotatable bonds is 8. The molecule has 1 saturated heterocycles. The van der Waals surface area contributed by atoms with Crippen molar-refractivity contribution in [2.24, 2.45) is 5.41 Å². The Hall–Kier alpha value is -0.170. The molecule has 0 bridgehead atoms. The van der Waals surface area contributed by atoms with Crippen molar-refractivity contribution in [3.05, 3.63) is 0 Å². The van der Waals surface area contributed by atoms with Crippen molar-refractivity contribution in [2.45, 2.75) is 19.3 Å². The monoisotopic (exact) mass is 279 g/mol. The van der Waals surface area contributed by atoms with E-state index < -0.39 is 9.84 Å². The number of hydrogen-bond donors (Lipinski definition) is 1. The lowest BCUT2D eigenvalue weighted by molar-refractivity contribution is -0.00946. The van der Waals surface area contributed by atoms with Gasteiger partial charge in [0, 0.05) is 38.5 Å². The quantitative estimate of drug-likeness (QED) is 0.654. The Balaban J connectivity index is 2.46. The van der Waals surface area contributed by atoms with Crippen LogP contribution in [0.25, 0.3) is 0 Å². The van der Waals surface area contributed by atoms with Crippen LogP contribution in [-0.4, -0.2) is 60.4 Å². The summed E-state index contributed by atoms with van der Waals surface area (Å²) in [6, 6.07) is 0. The number of sulfone groups is 1. The highest BCUT2D eigenvalue weighted by Gasteiger charge is 2.33. The molecule has 0 aromatic heterocycles. The molecule has 1 unspecified atom stereocenters. The smallest absolute Gasteiger partial charge is 0.147 e. The van der Waals surface area contributed by atoms with Gasteiger partial charge in [-0.2, -0.15) is 0 Å². The molecule has 6 heteroatoms. The van der Waals surface area contributed by atoms with Gasteiger partial charge in [-0.3, -0.25) is 0 Å². The molecule has 1 aliphatic heterocycles. The molecule has 1 N–H and O–H groups in total. The van der Waals surface area contributed by atoms with Gasteiger partial charge in [-0.05, 0) is 19.3 Å². The van der Waals surface area contributed by atoms with E-state index in [4.69, 9.17) is 9.47 Å². The van der Waals surface area contributed by atoms with Crippen LogP contribution in [0.2, 0.25) is 0 Å². The fourth-order valence-corrected chi connectivity index (χ4v) is 3.07. The van der Waals surface area contributed by atoms with E-state index in [-0.39, 0.29) is 11.2 Å². The standard InChI is InChI=1S/C12H25NO4S/c1-16-8-6-13-10-12(4-3-7-17-11-12)5-9-18(2,14)15/h13H,3-11H2,1-2H3. The van der Waals surface area contributed by atoms with Crippen molar-refractivity contribution >= 4 is 9.84 Å². The predicted octanol–water partition coefficient (Wildman–Crippen LogP) is 0.454. The Morgan fingerprint density at radius 3 is 2.78 bits per heavy atom. The highest BCUT2D eigenvalue weighted by atomic mass is 32.2. The van der Waals surface area contributed by atoms with E-state index in [9.17, 15) is 8.42 Å². The topological polar surface area (TPSA) is 64.6 Å². The van der Waals surface area contributed by atoms with E-state index in [1.165, 1.54) is 6.26 Å². The van der Waals surface area contributed by atoms with Crippen LogP contribution in [0.1, 0.15) is 19.3 Å². The van der Waals surface area contributed by atoms with Gasteiger partial charge >= 0.3 is 0 Å². The van der Waals surface area contributed by atoms with Crippen LogP contribution in [0.3, 0.4) is 0 Å². The minimum absolute atomic E-state index is 0.0327. The number of nitrogens with one attached hydrogen (secondary N) is 1. The van der Waals surface area contributed by atoms with Gasteiger partial charge < -0.3 is 14.8 Å². The summed E-state index contributed by atoms with van der Waals surface area (Å²) < 4.78 is 33.2. The molecule has 1 fully saturated rings. The first-order valence-corrected chi connectivity index (χ1v) is 8.49. The number of methoxy groups -OCH3 is 1. The molecule has 0 spiro atoms. The summed E-state index contributed by atoms with van der Waals surface area (Å²) in [6.07, 6.45) is 4.01. The predicted molar refractivity (Wildman–Crippen MR) is 71.6 cm³/mol. The summed E-state index contributed by atoms with van der Waals surface area (Å²) in [6.45, 7) is 3.70. The van der Waals surface area contributed by atoms with Crippen molar-refractivity contribution in [2.75, 3.05) is 52.0 Å². The second-order valence-electron chi connectivity index (χ2n) is 5.21. The summed E-state index contributed by atoms with van der Waals surface area (Å²) in [5, 5.41) is 3.33. The fourth-order valence-electron chi connectivity index (χ4n) is 2.26. The highest BCUT2D eigenvalue weighted by Crippen LogP contribution is 2.32. The van der Waals surface area contributed by atoms with Gasteiger partial charge in [0.25, 0.3) is 0 Å². The van der Waals surface area contributed by atoms with E-state index in [1.54, 1.807) is 7.11 Å². The van der Waals surface area contributed by atoms with Gasteiger partial charge in [0.2, 0.25) is 0 Å². The van der Waals surface area contributed by atoms with Gasteiger partial charge in [0.1, 0.15) is 9.84 Å². The van der Waals surface area contributed by atoms with Gasteiger partial charge in [0.05, 0.1) is 19.0 Å². The average molecular weight is 279 g/mol. The molecule has 1 atom stereocenters. The zero-order valence-corrected chi connectivity index (χ0v) is 12.2. The van der Waals surface area contributed by atoms with Crippen LogP contribution in [0, 0.1) is 5.41 Å². The zero-order chi connectivity index (χ0) is 13.5. The largest absolute Gasteiger partial charge is 0.383 e. The van der Waals surface area contributed by atoms with Gasteiger partial charge in [-0.25, -0.2) is 8.42 Å². The molecule has 0 amide bonds. The summed E-state index contributed by atoms with van der Waals surface area (Å²) in [5.74, 6) is 0.238. The second kappa shape index (κ2) is 7.43. The van der Waals surface area contributed by atoms with Crippen molar-refractivity contribution in [1.82, 2.24) is 5.32 Å². The van der Waals surface area contributed by atoms with E-state index in [1.807, 2.05) is 0 Å². The normalized spacial score (nSPS) is 25.2. The first-order chi connectivity index (χ1) is 8.47. The maximum absolute atomic E-state index is 11.3. The minimum atomic E-state index is -2.90. The third kappa shape index (κ3) is 6.13. The Bertz CT molecular complexity index is 323. The number of ether oxygens (including phenoxy) is 2. The fraction of sp³-hybridized carbons (Fsp3) is 1.00. The van der Waals surface area contributed by atoms with Gasteiger partial charge in [-0.1, -0.05) is 0 Å². The Morgan fingerprint density at radius 2 is 2.22 bits per heavy atom. The van der Waals surface area contributed by atoms with Gasteiger partial charge in [0.15, 0.2) is 0 Å². The van der Waals surface area contributed by atoms with Crippen molar-refractivity contribution in [3.63, 3.8) is 0 Å². The lowest BCUT2D eigenvalue weighted by Crippen LogP contribution is -2.43. The molecule has 18 heavy (non-hydrogen) atoms. The van der Waals surface area contributed by atoms with Crippen LogP contribution >= 0.6 is 0 Å². The lowest BCUT2D eigenvalue weighted by Gasteiger charge is -2.37. The molecule has 1 heterocycles. The maximum Gasteiger partial charge on any atom is 0.147 e. The van der Waals surface area contributed by atoms with Crippen molar-refractivity contribution in [3.8, 4) is 0 Å². The molecule has 0 saturated carbocycles. The van der Waals surface area contributed by atoms with Crippen LogP contribution in [0.5, 0.6) is 0 Å². The van der Waals surface area contributed by atoms with Crippen LogP contribution < -0.4 is 5.32 Å². The van der Waals surface area contributed by atoms with Crippen LogP contribution in [0.15, 0.2) is 0 Å². The third-order valence-electron chi connectivity index (χ3n) is 3.39. The molecule has 0 radical (unpaired) electrons. The minimum Gasteiger partial charge on any atom is -0.383 e. The van der Waals surface area contributed by atoms with Crippen molar-refractivity contribution in [1.29, 1.82) is 0 Å². The summed E-state index contributed by atoms with van der Waals surface area (Å²) in [5.41, 5.74) is -0.0327. The Kier molecular flexibility index (Phi) is 6.55. The third-order valence-corrected chi connectivity index (χ3v) is 4.34. The molecule has 1 aliphatic rings. The van der Waals surface area contributed by atoms with Crippen molar-refractivity contribution < 1.29 is 17.9 Å². The van der Waals surface area contributed by atoms with Crippen LogP contribution in [-0.2, 0) is 19.3 Å². The van der Waals surface area contributed by atoms with E-state index in [0.29, 0.717) is 19.6 Å².